The number of fused-ring (bicyclic) bond motifs is 18. The fraction of sp³-hybridized carbons (Fsp3) is 0.221. The van der Waals surface area contributed by atoms with E-state index < -0.39 is 5.41 Å². The first kappa shape index (κ1) is 51.8. The highest BCUT2D eigenvalue weighted by atomic mass is 35.5. The molecule has 0 N–H and O–H groups in total. The van der Waals surface area contributed by atoms with Crippen molar-refractivity contribution in [2.75, 3.05) is 9.80 Å². The number of para-hydroxylation sites is 2. The number of nitrogens with zero attached hydrogens (tertiary/aromatic N) is 2. The van der Waals surface area contributed by atoms with Crippen LogP contribution in [0, 0.1) is 0 Å². The third-order valence-corrected chi connectivity index (χ3v) is 18.0. The molecule has 10 aromatic carbocycles. The van der Waals surface area contributed by atoms with Crippen LogP contribution in [0.5, 0.6) is 0 Å². The van der Waals surface area contributed by atoms with E-state index in [0.717, 1.165) is 111 Å². The van der Waals surface area contributed by atoms with E-state index in [-0.39, 0.29) is 21.7 Å². The molecular formula is C77H69ClN2O2. The smallest absolute Gasteiger partial charge is 0.160 e. The van der Waals surface area contributed by atoms with Crippen molar-refractivity contribution >= 4 is 89.6 Å². The normalized spacial score (nSPS) is 14.9. The van der Waals surface area contributed by atoms with Gasteiger partial charge in [-0.2, -0.15) is 0 Å². The summed E-state index contributed by atoms with van der Waals surface area (Å²) in [5.41, 5.74) is 22.5. The number of hydrogen-bond acceptors (Lipinski definition) is 4. The first-order chi connectivity index (χ1) is 39.1. The van der Waals surface area contributed by atoms with Gasteiger partial charge in [0.05, 0.1) is 22.2 Å². The van der Waals surface area contributed by atoms with E-state index in [1.807, 2.05) is 6.07 Å². The fourth-order valence-corrected chi connectivity index (χ4v) is 13.6. The highest BCUT2D eigenvalue weighted by molar-refractivity contribution is 6.31. The molecule has 5 heteroatoms. The number of hydrogen-bond donors (Lipinski definition) is 0. The molecule has 0 aliphatic heterocycles. The maximum Gasteiger partial charge on any atom is 0.160 e. The van der Waals surface area contributed by atoms with E-state index in [0.29, 0.717) is 5.02 Å². The van der Waals surface area contributed by atoms with Gasteiger partial charge in [0.1, 0.15) is 16.7 Å². The van der Waals surface area contributed by atoms with Gasteiger partial charge in [0, 0.05) is 55.1 Å². The Labute approximate surface area is 487 Å². The molecule has 82 heavy (non-hydrogen) atoms. The van der Waals surface area contributed by atoms with Crippen molar-refractivity contribution in [1.82, 2.24) is 0 Å². The maximum atomic E-state index is 7.58. The van der Waals surface area contributed by atoms with Gasteiger partial charge in [0.2, 0.25) is 0 Å². The predicted octanol–water partition coefficient (Wildman–Crippen LogP) is 22.6. The van der Waals surface area contributed by atoms with E-state index in [1.54, 1.807) is 0 Å². The van der Waals surface area contributed by atoms with E-state index >= 15 is 0 Å². The Morgan fingerprint density at radius 1 is 0.341 bits per heavy atom. The Hall–Kier alpha value is -8.31. The molecule has 2 heterocycles. The lowest BCUT2D eigenvalue weighted by Gasteiger charge is -2.34. The van der Waals surface area contributed by atoms with Crippen LogP contribution in [0.15, 0.2) is 209 Å². The SMILES string of the molecule is CC(C)(C)c1ccc(N(c2ccc(C(C)(C)C)cc2)c2cc3c(c4c2oc2ccccc24)-c2c(cc(N(c4ccc(C(C)(C)C)cc4)c4ccc(C(C)(C)C)cc4)c4c2oc2ccccc24)C32c3ccccc3-c3ccc(Cl)cc32)cc1. The van der Waals surface area contributed by atoms with Gasteiger partial charge in [-0.05, 0) is 162 Å². The van der Waals surface area contributed by atoms with Crippen molar-refractivity contribution in [2.45, 2.75) is 110 Å². The van der Waals surface area contributed by atoms with Crippen molar-refractivity contribution in [3.63, 3.8) is 0 Å². The molecule has 2 aliphatic carbocycles. The van der Waals surface area contributed by atoms with Crippen LogP contribution in [0.4, 0.5) is 34.1 Å². The zero-order valence-corrected chi connectivity index (χ0v) is 49.9. The third kappa shape index (κ3) is 7.85. The number of anilines is 6. The molecule has 0 radical (unpaired) electrons. The van der Waals surface area contributed by atoms with Gasteiger partial charge < -0.3 is 18.6 Å². The molecule has 0 saturated heterocycles. The highest BCUT2D eigenvalue weighted by Crippen LogP contribution is 2.68. The number of benzene rings is 10. The largest absolute Gasteiger partial charge is 0.455 e. The van der Waals surface area contributed by atoms with Gasteiger partial charge in [-0.1, -0.05) is 210 Å². The molecule has 12 aromatic rings. The van der Waals surface area contributed by atoms with Crippen molar-refractivity contribution in [2.24, 2.45) is 0 Å². The highest BCUT2D eigenvalue weighted by Gasteiger charge is 2.55. The third-order valence-electron chi connectivity index (χ3n) is 17.8. The summed E-state index contributed by atoms with van der Waals surface area (Å²) in [5, 5.41) is 4.84. The topological polar surface area (TPSA) is 32.8 Å². The average Bonchev–Trinajstić information content (AvgIpc) is 1.58. The zero-order valence-electron chi connectivity index (χ0n) is 49.1. The summed E-state index contributed by atoms with van der Waals surface area (Å²) in [4.78, 5) is 4.89. The molecule has 0 fully saturated rings. The number of halogens is 1. The first-order valence-corrected chi connectivity index (χ1v) is 29.4. The molecule has 1 unspecified atom stereocenters. The molecule has 0 bridgehead atoms. The van der Waals surface area contributed by atoms with Gasteiger partial charge in [0.25, 0.3) is 0 Å². The first-order valence-electron chi connectivity index (χ1n) is 29.0. The summed E-state index contributed by atoms with van der Waals surface area (Å²) in [6, 6.07) is 74.4. The van der Waals surface area contributed by atoms with Gasteiger partial charge >= 0.3 is 0 Å². The van der Waals surface area contributed by atoms with Gasteiger partial charge in [-0.15, -0.1) is 0 Å². The van der Waals surface area contributed by atoms with Crippen LogP contribution in [0.3, 0.4) is 0 Å². The lowest BCUT2D eigenvalue weighted by molar-refractivity contribution is 0.590. The summed E-state index contributed by atoms with van der Waals surface area (Å²) in [6.45, 7) is 27.3. The second-order valence-corrected chi connectivity index (χ2v) is 27.5. The summed E-state index contributed by atoms with van der Waals surface area (Å²) in [6.07, 6.45) is 0. The zero-order chi connectivity index (χ0) is 57.0. The molecule has 2 aromatic heterocycles. The Balaban J connectivity index is 1.17. The van der Waals surface area contributed by atoms with Crippen molar-refractivity contribution in [1.29, 1.82) is 0 Å². The van der Waals surface area contributed by atoms with Crippen LogP contribution in [0.25, 0.3) is 66.1 Å². The Bertz CT molecular complexity index is 4420. The van der Waals surface area contributed by atoms with Crippen LogP contribution in [0.2, 0.25) is 5.02 Å². The molecule has 406 valence electrons. The minimum absolute atomic E-state index is 0.0369. The number of furan rings is 2. The van der Waals surface area contributed by atoms with Gasteiger partial charge in [-0.25, -0.2) is 0 Å². The van der Waals surface area contributed by atoms with Gasteiger partial charge in [0.15, 0.2) is 5.58 Å². The predicted molar refractivity (Wildman–Crippen MR) is 346 cm³/mol. The van der Waals surface area contributed by atoms with Crippen LogP contribution in [-0.4, -0.2) is 0 Å². The molecule has 4 nitrogen and oxygen atoms in total. The average molecular weight is 1090 g/mol. The quantitative estimate of drug-likeness (QED) is 0.166. The van der Waals surface area contributed by atoms with Crippen molar-refractivity contribution in [3.8, 4) is 22.3 Å². The Morgan fingerprint density at radius 2 is 0.732 bits per heavy atom. The minimum atomic E-state index is -0.902. The van der Waals surface area contributed by atoms with Crippen LogP contribution < -0.4 is 9.80 Å². The summed E-state index contributed by atoms with van der Waals surface area (Å²) in [7, 11) is 0. The Morgan fingerprint density at radius 3 is 1.22 bits per heavy atom. The molecule has 1 spiro atoms. The second-order valence-electron chi connectivity index (χ2n) is 27.1. The standard InChI is InChI=1S/C77H69ClN2O2/c1-73(2,3)46-25-34-51(35-26-46)79(52-36-27-47(28-37-52)74(4,5)6)63-44-62-70(72-67(63)57-20-14-17-23-65(57)82-72)69-61(77(62)59-22-16-13-19-55(59)56-42-33-50(78)43-60(56)77)45-64(71-68(69)58-21-15-18-24-66(58)81-71)80(53-38-29-48(30-39-53)75(7,8)9)54-40-31-49(32-41-54)76(10,11)12/h13-45H,1-12H3. The molecule has 0 amide bonds. The number of rotatable bonds is 6. The van der Waals surface area contributed by atoms with E-state index in [9.17, 15) is 0 Å². The van der Waals surface area contributed by atoms with Crippen molar-refractivity contribution < 1.29 is 8.83 Å². The van der Waals surface area contributed by atoms with Crippen LogP contribution >= 0.6 is 11.6 Å². The molecular weight excluding hydrogens is 1020 g/mol. The molecule has 0 saturated carbocycles. The molecule has 2 aliphatic rings. The van der Waals surface area contributed by atoms with E-state index in [4.69, 9.17) is 20.4 Å². The fourth-order valence-electron chi connectivity index (χ4n) is 13.5. The Kier molecular flexibility index (Phi) is 11.4. The second kappa shape index (κ2) is 18.1. The summed E-state index contributed by atoms with van der Waals surface area (Å²) in [5.74, 6) is 0. The van der Waals surface area contributed by atoms with Crippen molar-refractivity contribution in [3.05, 3.63) is 250 Å². The van der Waals surface area contributed by atoms with E-state index in [1.165, 1.54) is 33.4 Å². The van der Waals surface area contributed by atoms with Crippen LogP contribution in [0.1, 0.15) is 128 Å². The van der Waals surface area contributed by atoms with Crippen LogP contribution in [-0.2, 0) is 27.1 Å². The summed E-state index contributed by atoms with van der Waals surface area (Å²) < 4.78 is 15.0. The molecule has 1 atom stereocenters. The molecule has 14 rings (SSSR count). The van der Waals surface area contributed by atoms with E-state index in [2.05, 4.69) is 287 Å². The lowest BCUT2D eigenvalue weighted by atomic mass is 9.70. The maximum absolute atomic E-state index is 7.58. The lowest BCUT2D eigenvalue weighted by Crippen LogP contribution is -2.27. The monoisotopic (exact) mass is 1090 g/mol. The van der Waals surface area contributed by atoms with Gasteiger partial charge in [-0.3, -0.25) is 0 Å². The minimum Gasteiger partial charge on any atom is -0.455 e. The summed E-state index contributed by atoms with van der Waals surface area (Å²) >= 11 is 7.40.